The van der Waals surface area contributed by atoms with E-state index in [0.29, 0.717) is 25.9 Å². The summed E-state index contributed by atoms with van der Waals surface area (Å²) in [5.74, 6) is 0.0323. The van der Waals surface area contributed by atoms with Crippen LogP contribution in [0.25, 0.3) is 0 Å². The molecule has 1 aliphatic rings. The molecule has 2 rings (SSSR count). The van der Waals surface area contributed by atoms with Crippen LogP contribution in [0.2, 0.25) is 0 Å². The maximum Gasteiger partial charge on any atom is 0.257 e. The lowest BCUT2D eigenvalue weighted by Gasteiger charge is -2.31. The van der Waals surface area contributed by atoms with Crippen molar-refractivity contribution in [3.63, 3.8) is 0 Å². The second-order valence-electron chi connectivity index (χ2n) is 4.32. The van der Waals surface area contributed by atoms with E-state index in [1.54, 1.807) is 4.90 Å². The first-order chi connectivity index (χ1) is 8.49. The topological polar surface area (TPSA) is 95.2 Å². The van der Waals surface area contributed by atoms with Crippen LogP contribution in [0.5, 0.6) is 0 Å². The Balaban J connectivity index is 1.94. The SMILES string of the molecule is CC(=O)N1CCC(NS(=O)(=O)c2ccn[nH]2)CC1. The van der Waals surface area contributed by atoms with Crippen LogP contribution < -0.4 is 4.72 Å². The van der Waals surface area contributed by atoms with Gasteiger partial charge in [0, 0.05) is 26.1 Å². The van der Waals surface area contributed by atoms with E-state index in [0.717, 1.165) is 0 Å². The summed E-state index contributed by atoms with van der Waals surface area (Å²) in [7, 11) is -3.53. The van der Waals surface area contributed by atoms with Gasteiger partial charge in [-0.25, -0.2) is 13.1 Å². The van der Waals surface area contributed by atoms with Crippen molar-refractivity contribution in [1.29, 1.82) is 0 Å². The highest BCUT2D eigenvalue weighted by molar-refractivity contribution is 7.89. The largest absolute Gasteiger partial charge is 0.343 e. The summed E-state index contributed by atoms with van der Waals surface area (Å²) >= 11 is 0. The van der Waals surface area contributed by atoms with Gasteiger partial charge in [-0.1, -0.05) is 0 Å². The highest BCUT2D eigenvalue weighted by Crippen LogP contribution is 2.13. The van der Waals surface area contributed by atoms with E-state index in [1.165, 1.54) is 19.2 Å². The summed E-state index contributed by atoms with van der Waals surface area (Å²) in [6.07, 6.45) is 2.66. The Kier molecular flexibility index (Phi) is 3.67. The number of sulfonamides is 1. The van der Waals surface area contributed by atoms with Crippen molar-refractivity contribution in [2.45, 2.75) is 30.8 Å². The molecule has 1 aromatic heterocycles. The molecule has 7 nitrogen and oxygen atoms in total. The van der Waals surface area contributed by atoms with Crippen LogP contribution in [0.3, 0.4) is 0 Å². The average molecular weight is 272 g/mol. The van der Waals surface area contributed by atoms with Crippen molar-refractivity contribution in [3.8, 4) is 0 Å². The Bertz CT molecular complexity index is 503. The van der Waals surface area contributed by atoms with Crippen LogP contribution in [0.15, 0.2) is 17.3 Å². The predicted molar refractivity (Wildman–Crippen MR) is 64.2 cm³/mol. The number of nitrogens with one attached hydrogen (secondary N) is 2. The maximum atomic E-state index is 11.9. The number of likely N-dealkylation sites (tertiary alicyclic amines) is 1. The van der Waals surface area contributed by atoms with Crippen molar-refractivity contribution in [2.24, 2.45) is 0 Å². The molecule has 18 heavy (non-hydrogen) atoms. The van der Waals surface area contributed by atoms with E-state index >= 15 is 0 Å². The molecule has 1 amide bonds. The van der Waals surface area contributed by atoms with Gasteiger partial charge in [0.1, 0.15) is 0 Å². The number of carbonyl (C=O) groups is 1. The van der Waals surface area contributed by atoms with E-state index in [4.69, 9.17) is 0 Å². The second kappa shape index (κ2) is 5.07. The zero-order chi connectivity index (χ0) is 13.2. The maximum absolute atomic E-state index is 11.9. The first-order valence-electron chi connectivity index (χ1n) is 5.76. The molecule has 100 valence electrons. The zero-order valence-electron chi connectivity index (χ0n) is 10.1. The number of amides is 1. The van der Waals surface area contributed by atoms with E-state index in [1.807, 2.05) is 0 Å². The first-order valence-corrected chi connectivity index (χ1v) is 7.24. The van der Waals surface area contributed by atoms with Crippen LogP contribution >= 0.6 is 0 Å². The third kappa shape index (κ3) is 2.88. The van der Waals surface area contributed by atoms with Gasteiger partial charge in [0.25, 0.3) is 10.0 Å². The number of nitrogens with zero attached hydrogens (tertiary/aromatic N) is 2. The molecule has 0 atom stereocenters. The third-order valence-electron chi connectivity index (χ3n) is 3.03. The van der Waals surface area contributed by atoms with Crippen molar-refractivity contribution in [1.82, 2.24) is 19.8 Å². The molecule has 0 unspecified atom stereocenters. The number of aromatic amines is 1. The van der Waals surface area contributed by atoms with Crippen molar-refractivity contribution in [2.75, 3.05) is 13.1 Å². The minimum Gasteiger partial charge on any atom is -0.343 e. The minimum atomic E-state index is -3.53. The predicted octanol–water partition coefficient (Wildman–Crippen LogP) is -0.301. The highest BCUT2D eigenvalue weighted by atomic mass is 32.2. The summed E-state index contributed by atoms with van der Waals surface area (Å²) in [6, 6.07) is 1.28. The molecule has 8 heteroatoms. The van der Waals surface area contributed by atoms with E-state index < -0.39 is 10.0 Å². The lowest BCUT2D eigenvalue weighted by molar-refractivity contribution is -0.129. The zero-order valence-corrected chi connectivity index (χ0v) is 10.9. The molecule has 0 aliphatic carbocycles. The van der Waals surface area contributed by atoms with Crippen LogP contribution in [-0.4, -0.2) is 48.6 Å². The molecule has 1 aromatic rings. The second-order valence-corrected chi connectivity index (χ2v) is 6.00. The van der Waals surface area contributed by atoms with E-state index in [9.17, 15) is 13.2 Å². The summed E-state index contributed by atoms with van der Waals surface area (Å²) < 4.78 is 26.4. The normalized spacial score (nSPS) is 17.9. The van der Waals surface area contributed by atoms with Gasteiger partial charge >= 0.3 is 0 Å². The van der Waals surface area contributed by atoms with Gasteiger partial charge in [-0.15, -0.1) is 0 Å². The Morgan fingerprint density at radius 1 is 1.50 bits per heavy atom. The molecule has 0 aromatic carbocycles. The molecule has 1 aliphatic heterocycles. The number of carbonyl (C=O) groups excluding carboxylic acids is 1. The molecule has 0 spiro atoms. The van der Waals surface area contributed by atoms with Crippen molar-refractivity contribution >= 4 is 15.9 Å². The Morgan fingerprint density at radius 3 is 2.67 bits per heavy atom. The average Bonchev–Trinajstić information content (AvgIpc) is 2.83. The van der Waals surface area contributed by atoms with Gasteiger partial charge in [0.2, 0.25) is 5.91 Å². The molecule has 0 saturated carbocycles. The molecule has 0 bridgehead atoms. The summed E-state index contributed by atoms with van der Waals surface area (Å²) in [6.45, 7) is 2.70. The summed E-state index contributed by atoms with van der Waals surface area (Å²) in [5.41, 5.74) is 0. The monoisotopic (exact) mass is 272 g/mol. The number of rotatable bonds is 3. The Morgan fingerprint density at radius 2 is 2.17 bits per heavy atom. The van der Waals surface area contributed by atoms with Crippen molar-refractivity contribution < 1.29 is 13.2 Å². The number of H-pyrrole nitrogens is 1. The van der Waals surface area contributed by atoms with E-state index in [2.05, 4.69) is 14.9 Å². The number of hydrogen-bond donors (Lipinski definition) is 2. The fourth-order valence-corrected chi connectivity index (χ4v) is 3.20. The van der Waals surface area contributed by atoms with Gasteiger partial charge < -0.3 is 4.90 Å². The van der Waals surface area contributed by atoms with Gasteiger partial charge in [-0.05, 0) is 18.9 Å². The fraction of sp³-hybridized carbons (Fsp3) is 0.600. The lowest BCUT2D eigenvalue weighted by Crippen LogP contribution is -2.45. The van der Waals surface area contributed by atoms with Crippen LogP contribution in [0, 0.1) is 0 Å². The number of piperidine rings is 1. The van der Waals surface area contributed by atoms with Crippen LogP contribution in [0.4, 0.5) is 0 Å². The Hall–Kier alpha value is -1.41. The van der Waals surface area contributed by atoms with Gasteiger partial charge in [-0.3, -0.25) is 9.89 Å². The standard InChI is InChI=1S/C10H16N4O3S/c1-8(15)14-6-3-9(4-7-14)13-18(16,17)10-2-5-11-12-10/h2,5,9,13H,3-4,6-7H2,1H3,(H,11,12). The molecular weight excluding hydrogens is 256 g/mol. The first kappa shape index (κ1) is 13.0. The smallest absolute Gasteiger partial charge is 0.257 e. The number of aromatic nitrogens is 2. The third-order valence-corrected chi connectivity index (χ3v) is 4.48. The molecule has 1 saturated heterocycles. The molecule has 1 fully saturated rings. The molecule has 2 N–H and O–H groups in total. The molecule has 0 radical (unpaired) electrons. The molecular formula is C10H16N4O3S. The van der Waals surface area contributed by atoms with E-state index in [-0.39, 0.29) is 17.0 Å². The fourth-order valence-electron chi connectivity index (χ4n) is 1.99. The lowest BCUT2D eigenvalue weighted by atomic mass is 10.1. The number of hydrogen-bond acceptors (Lipinski definition) is 4. The quantitative estimate of drug-likeness (QED) is 0.789. The van der Waals surface area contributed by atoms with Crippen LogP contribution in [-0.2, 0) is 14.8 Å². The highest BCUT2D eigenvalue weighted by Gasteiger charge is 2.25. The summed E-state index contributed by atoms with van der Waals surface area (Å²) in [4.78, 5) is 12.9. The van der Waals surface area contributed by atoms with Gasteiger partial charge in [0.15, 0.2) is 5.03 Å². The van der Waals surface area contributed by atoms with Gasteiger partial charge in [-0.2, -0.15) is 5.10 Å². The van der Waals surface area contributed by atoms with Crippen molar-refractivity contribution in [3.05, 3.63) is 12.3 Å². The molecule has 2 heterocycles. The minimum absolute atomic E-state index is 0.0323. The van der Waals surface area contributed by atoms with Gasteiger partial charge in [0.05, 0.1) is 6.20 Å². The summed E-state index contributed by atoms with van der Waals surface area (Å²) in [5, 5.41) is 6.11. The van der Waals surface area contributed by atoms with Crippen LogP contribution in [0.1, 0.15) is 19.8 Å². The Labute approximate surface area is 106 Å².